The molecule has 30 heavy (non-hydrogen) atoms. The van der Waals surface area contributed by atoms with Crippen molar-refractivity contribution in [2.45, 2.75) is 12.8 Å². The van der Waals surface area contributed by atoms with Gasteiger partial charge in [-0.1, -0.05) is 24.3 Å². The summed E-state index contributed by atoms with van der Waals surface area (Å²) < 4.78 is 1.62. The molecule has 3 heterocycles. The van der Waals surface area contributed by atoms with Gasteiger partial charge in [0.25, 0.3) is 5.91 Å². The standard InChI is InChI=1S/C23H26N4O2S/c1-25(2)22(29)23(10-12-27(16-23)21(28)20-8-11-26(3)24-20)14-17-4-6-18(7-5-17)19-9-13-30-15-19/h4-9,11,13,15H,10,12,14,16H2,1-3H3. The lowest BCUT2D eigenvalue weighted by Crippen LogP contribution is -2.44. The second-order valence-corrected chi connectivity index (χ2v) is 9.00. The van der Waals surface area contributed by atoms with Crippen molar-refractivity contribution in [1.29, 1.82) is 0 Å². The van der Waals surface area contributed by atoms with Gasteiger partial charge in [0.15, 0.2) is 0 Å². The fourth-order valence-corrected chi connectivity index (χ4v) is 4.91. The van der Waals surface area contributed by atoms with Gasteiger partial charge >= 0.3 is 0 Å². The molecule has 4 rings (SSSR count). The van der Waals surface area contributed by atoms with Gasteiger partial charge in [-0.15, -0.1) is 0 Å². The number of nitrogens with zero attached hydrogens (tertiary/aromatic N) is 4. The number of aromatic nitrogens is 2. The van der Waals surface area contributed by atoms with Crippen LogP contribution in [0.4, 0.5) is 0 Å². The molecule has 2 aromatic heterocycles. The van der Waals surface area contributed by atoms with Gasteiger partial charge in [0, 0.05) is 40.4 Å². The molecule has 0 aliphatic carbocycles. The van der Waals surface area contributed by atoms with Crippen LogP contribution >= 0.6 is 11.3 Å². The Morgan fingerprint density at radius 1 is 1.13 bits per heavy atom. The molecule has 0 spiro atoms. The first kappa shape index (κ1) is 20.3. The Balaban J connectivity index is 1.56. The van der Waals surface area contributed by atoms with Gasteiger partial charge in [-0.3, -0.25) is 14.3 Å². The SMILES string of the molecule is CN(C)C(=O)C1(Cc2ccc(-c3ccsc3)cc2)CCN(C(=O)c2ccn(C)n2)C1. The van der Waals surface area contributed by atoms with Crippen LogP contribution in [0.2, 0.25) is 0 Å². The van der Waals surface area contributed by atoms with Crippen LogP contribution in [0.25, 0.3) is 11.1 Å². The fourth-order valence-electron chi connectivity index (χ4n) is 4.24. The van der Waals surface area contributed by atoms with Gasteiger partial charge in [-0.2, -0.15) is 16.4 Å². The van der Waals surface area contributed by atoms with Gasteiger partial charge in [0.1, 0.15) is 5.69 Å². The van der Waals surface area contributed by atoms with Crippen LogP contribution < -0.4 is 0 Å². The Morgan fingerprint density at radius 2 is 1.90 bits per heavy atom. The van der Waals surface area contributed by atoms with Crippen LogP contribution in [0.3, 0.4) is 0 Å². The zero-order chi connectivity index (χ0) is 21.3. The van der Waals surface area contributed by atoms with Crippen LogP contribution in [0.15, 0.2) is 53.4 Å². The third kappa shape index (κ3) is 3.89. The van der Waals surface area contributed by atoms with Crippen molar-refractivity contribution in [3.8, 4) is 11.1 Å². The van der Waals surface area contributed by atoms with Crippen molar-refractivity contribution in [3.05, 3.63) is 64.6 Å². The molecule has 3 aromatic rings. The number of hydrogen-bond donors (Lipinski definition) is 0. The largest absolute Gasteiger partial charge is 0.348 e. The monoisotopic (exact) mass is 422 g/mol. The number of carbonyl (C=O) groups excluding carboxylic acids is 2. The van der Waals surface area contributed by atoms with Gasteiger partial charge in [-0.05, 0) is 52.4 Å². The molecule has 156 valence electrons. The zero-order valence-electron chi connectivity index (χ0n) is 17.5. The number of rotatable bonds is 5. The summed E-state index contributed by atoms with van der Waals surface area (Å²) in [5, 5.41) is 8.43. The molecule has 0 bridgehead atoms. The molecule has 1 fully saturated rings. The molecule has 1 saturated heterocycles. The van der Waals surface area contributed by atoms with E-state index in [2.05, 4.69) is 46.2 Å². The molecule has 1 aliphatic heterocycles. The van der Waals surface area contributed by atoms with Crippen LogP contribution in [-0.2, 0) is 18.3 Å². The molecule has 1 aliphatic rings. The Labute approximate surface area is 180 Å². The quantitative estimate of drug-likeness (QED) is 0.634. The molecule has 0 N–H and O–H groups in total. The number of hydrogen-bond acceptors (Lipinski definition) is 4. The van der Waals surface area contributed by atoms with E-state index in [0.717, 1.165) is 5.56 Å². The second-order valence-electron chi connectivity index (χ2n) is 8.22. The minimum Gasteiger partial charge on any atom is -0.348 e. The first-order valence-electron chi connectivity index (χ1n) is 10.0. The first-order chi connectivity index (χ1) is 14.4. The van der Waals surface area contributed by atoms with Crippen molar-refractivity contribution in [2.75, 3.05) is 27.2 Å². The summed E-state index contributed by atoms with van der Waals surface area (Å²) in [7, 11) is 5.36. The molecule has 1 unspecified atom stereocenters. The summed E-state index contributed by atoms with van der Waals surface area (Å²) in [6.45, 7) is 0.966. The van der Waals surface area contributed by atoms with Crippen LogP contribution in [0.5, 0.6) is 0 Å². The lowest BCUT2D eigenvalue weighted by atomic mass is 9.79. The normalized spacial score (nSPS) is 18.6. The number of thiophene rings is 1. The highest BCUT2D eigenvalue weighted by molar-refractivity contribution is 7.08. The predicted octanol–water partition coefficient (Wildman–Crippen LogP) is 3.31. The lowest BCUT2D eigenvalue weighted by Gasteiger charge is -2.31. The Bertz CT molecular complexity index is 1040. The highest BCUT2D eigenvalue weighted by Crippen LogP contribution is 2.37. The van der Waals surface area contributed by atoms with E-state index < -0.39 is 5.41 Å². The van der Waals surface area contributed by atoms with E-state index in [4.69, 9.17) is 0 Å². The molecule has 2 amide bonds. The van der Waals surface area contributed by atoms with Crippen molar-refractivity contribution in [2.24, 2.45) is 12.5 Å². The van der Waals surface area contributed by atoms with E-state index in [1.165, 1.54) is 11.1 Å². The maximum absolute atomic E-state index is 13.2. The molecule has 7 heteroatoms. The molecule has 1 aromatic carbocycles. The minimum atomic E-state index is -0.613. The molecular weight excluding hydrogens is 396 g/mol. The molecule has 6 nitrogen and oxygen atoms in total. The topological polar surface area (TPSA) is 58.4 Å². The van der Waals surface area contributed by atoms with E-state index in [0.29, 0.717) is 31.6 Å². The highest BCUT2D eigenvalue weighted by atomic mass is 32.1. The van der Waals surface area contributed by atoms with E-state index in [1.54, 1.807) is 59.2 Å². The molecule has 0 radical (unpaired) electrons. The fraction of sp³-hybridized carbons (Fsp3) is 0.348. The highest BCUT2D eigenvalue weighted by Gasteiger charge is 2.47. The first-order valence-corrected chi connectivity index (χ1v) is 10.9. The number of aryl methyl sites for hydroxylation is 1. The van der Waals surface area contributed by atoms with Crippen molar-refractivity contribution < 1.29 is 9.59 Å². The lowest BCUT2D eigenvalue weighted by molar-refractivity contribution is -0.138. The molecular formula is C23H26N4O2S. The average Bonchev–Trinajstić information content (AvgIpc) is 3.49. The van der Waals surface area contributed by atoms with Crippen molar-refractivity contribution in [1.82, 2.24) is 19.6 Å². The van der Waals surface area contributed by atoms with E-state index in [9.17, 15) is 9.59 Å². The Morgan fingerprint density at radius 3 is 2.50 bits per heavy atom. The predicted molar refractivity (Wildman–Crippen MR) is 118 cm³/mol. The summed E-state index contributed by atoms with van der Waals surface area (Å²) in [6, 6.07) is 12.2. The van der Waals surface area contributed by atoms with E-state index >= 15 is 0 Å². The van der Waals surface area contributed by atoms with E-state index in [1.807, 2.05) is 0 Å². The third-order valence-electron chi connectivity index (χ3n) is 5.78. The number of benzene rings is 1. The van der Waals surface area contributed by atoms with Gasteiger partial charge in [0.05, 0.1) is 5.41 Å². The minimum absolute atomic E-state index is 0.0701. The maximum atomic E-state index is 13.2. The Hall–Kier alpha value is -2.93. The van der Waals surface area contributed by atoms with Crippen LogP contribution in [0.1, 0.15) is 22.5 Å². The Kier molecular flexibility index (Phi) is 5.47. The van der Waals surface area contributed by atoms with Gasteiger partial charge < -0.3 is 9.80 Å². The van der Waals surface area contributed by atoms with E-state index in [-0.39, 0.29) is 11.8 Å². The summed E-state index contributed by atoms with van der Waals surface area (Å²) in [6.07, 6.45) is 3.02. The summed E-state index contributed by atoms with van der Waals surface area (Å²) in [4.78, 5) is 29.5. The molecule has 1 atom stereocenters. The maximum Gasteiger partial charge on any atom is 0.274 e. The summed E-state index contributed by atoms with van der Waals surface area (Å²) in [5.74, 6) is -0.0439. The van der Waals surface area contributed by atoms with Crippen molar-refractivity contribution in [3.63, 3.8) is 0 Å². The average molecular weight is 423 g/mol. The van der Waals surface area contributed by atoms with Gasteiger partial charge in [-0.25, -0.2) is 0 Å². The smallest absolute Gasteiger partial charge is 0.274 e. The second kappa shape index (κ2) is 8.07. The summed E-state index contributed by atoms with van der Waals surface area (Å²) >= 11 is 1.68. The number of carbonyl (C=O) groups is 2. The summed E-state index contributed by atoms with van der Waals surface area (Å²) in [5.41, 5.74) is 3.30. The van der Waals surface area contributed by atoms with Crippen LogP contribution in [0, 0.1) is 5.41 Å². The van der Waals surface area contributed by atoms with Crippen molar-refractivity contribution >= 4 is 23.2 Å². The third-order valence-corrected chi connectivity index (χ3v) is 6.47. The van der Waals surface area contributed by atoms with Gasteiger partial charge in [0.2, 0.25) is 5.91 Å². The zero-order valence-corrected chi connectivity index (χ0v) is 18.4. The number of likely N-dealkylation sites (tertiary alicyclic amines) is 1. The molecule has 0 saturated carbocycles. The number of amides is 2. The van der Waals surface area contributed by atoms with Crippen LogP contribution in [-0.4, -0.2) is 58.6 Å².